The number of nitrogens with one attached hydrogen (secondary N) is 1. The first-order valence-corrected chi connectivity index (χ1v) is 9.15. The minimum Gasteiger partial charge on any atom is -0.341 e. The quantitative estimate of drug-likeness (QED) is 0.840. The van der Waals surface area contributed by atoms with Crippen LogP contribution in [0.1, 0.15) is 12.0 Å². The molecule has 2 aliphatic rings. The van der Waals surface area contributed by atoms with Crippen molar-refractivity contribution in [3.63, 3.8) is 0 Å². The Bertz CT molecular complexity index is 513. The van der Waals surface area contributed by atoms with Gasteiger partial charge in [-0.25, -0.2) is 0 Å². The van der Waals surface area contributed by atoms with Crippen LogP contribution in [0.5, 0.6) is 0 Å². The topological polar surface area (TPSA) is 38.8 Å². The summed E-state index contributed by atoms with van der Waals surface area (Å²) < 4.78 is 0. The lowest BCUT2D eigenvalue weighted by Crippen LogP contribution is -2.49. The predicted octanol–water partition coefficient (Wildman–Crippen LogP) is 0.872. The Balaban J connectivity index is 1.38. The number of carbonyl (C=O) groups is 1. The van der Waals surface area contributed by atoms with Gasteiger partial charge in [-0.05, 0) is 31.5 Å². The summed E-state index contributed by atoms with van der Waals surface area (Å²) >= 11 is 0. The first kappa shape index (κ1) is 17.4. The van der Waals surface area contributed by atoms with Crippen molar-refractivity contribution in [3.8, 4) is 0 Å². The summed E-state index contributed by atoms with van der Waals surface area (Å²) in [6.07, 6.45) is 1.14. The second-order valence-electron chi connectivity index (χ2n) is 7.09. The second kappa shape index (κ2) is 8.60. The van der Waals surface area contributed by atoms with Crippen molar-refractivity contribution in [3.05, 3.63) is 35.9 Å². The van der Waals surface area contributed by atoms with E-state index in [0.717, 1.165) is 58.8 Å². The Kier molecular flexibility index (Phi) is 6.24. The summed E-state index contributed by atoms with van der Waals surface area (Å²) in [4.78, 5) is 19.3. The highest BCUT2D eigenvalue weighted by molar-refractivity contribution is 5.78. The second-order valence-corrected chi connectivity index (χ2v) is 7.09. The lowest BCUT2D eigenvalue weighted by molar-refractivity contribution is -0.131. The third kappa shape index (κ3) is 4.79. The number of hydrogen-bond acceptors (Lipinski definition) is 4. The molecule has 2 heterocycles. The zero-order valence-corrected chi connectivity index (χ0v) is 14.8. The highest BCUT2D eigenvalue weighted by Crippen LogP contribution is 2.16. The van der Waals surface area contributed by atoms with Gasteiger partial charge in [0, 0.05) is 45.8 Å². The smallest absolute Gasteiger partial charge is 0.236 e. The minimum absolute atomic E-state index is 0.310. The van der Waals surface area contributed by atoms with Crippen LogP contribution in [0, 0.1) is 5.92 Å². The molecule has 1 aromatic carbocycles. The molecule has 0 bridgehead atoms. The number of amides is 1. The SMILES string of the molecule is CNCC1CCN(C(=O)CN2CCN(Cc3ccccc3)CC2)C1. The highest BCUT2D eigenvalue weighted by atomic mass is 16.2. The van der Waals surface area contributed by atoms with Crippen LogP contribution in [-0.4, -0.2) is 80.0 Å². The number of rotatable bonds is 6. The van der Waals surface area contributed by atoms with Crippen LogP contribution in [0.4, 0.5) is 0 Å². The van der Waals surface area contributed by atoms with Gasteiger partial charge in [-0.3, -0.25) is 14.6 Å². The normalized spacial score (nSPS) is 22.9. The molecule has 0 aliphatic carbocycles. The molecular weight excluding hydrogens is 300 g/mol. The predicted molar refractivity (Wildman–Crippen MR) is 96.8 cm³/mol. The van der Waals surface area contributed by atoms with Crippen LogP contribution in [0.25, 0.3) is 0 Å². The van der Waals surface area contributed by atoms with E-state index in [4.69, 9.17) is 0 Å². The van der Waals surface area contributed by atoms with Gasteiger partial charge >= 0.3 is 0 Å². The molecule has 3 rings (SSSR count). The molecule has 2 aliphatic heterocycles. The van der Waals surface area contributed by atoms with E-state index in [1.807, 2.05) is 7.05 Å². The van der Waals surface area contributed by atoms with Crippen LogP contribution in [0.2, 0.25) is 0 Å². The molecule has 1 N–H and O–H groups in total. The molecule has 1 atom stereocenters. The van der Waals surface area contributed by atoms with Gasteiger partial charge in [0.2, 0.25) is 5.91 Å². The molecule has 1 amide bonds. The third-order valence-corrected chi connectivity index (χ3v) is 5.20. The molecule has 1 unspecified atom stereocenters. The van der Waals surface area contributed by atoms with E-state index in [9.17, 15) is 4.79 Å². The first-order chi connectivity index (χ1) is 11.7. The standard InChI is InChI=1S/C19H30N4O/c1-20-13-18-7-8-23(15-18)19(24)16-22-11-9-21(10-12-22)14-17-5-3-2-4-6-17/h2-6,18,20H,7-16H2,1H3. The molecule has 24 heavy (non-hydrogen) atoms. The van der Waals surface area contributed by atoms with Crippen molar-refractivity contribution < 1.29 is 4.79 Å². The van der Waals surface area contributed by atoms with E-state index in [2.05, 4.69) is 50.3 Å². The van der Waals surface area contributed by atoms with Gasteiger partial charge in [-0.15, -0.1) is 0 Å². The number of piperazine rings is 1. The molecular formula is C19H30N4O. The van der Waals surface area contributed by atoms with E-state index in [0.29, 0.717) is 18.4 Å². The molecule has 2 saturated heterocycles. The van der Waals surface area contributed by atoms with Crippen molar-refractivity contribution in [1.82, 2.24) is 20.0 Å². The van der Waals surface area contributed by atoms with Gasteiger partial charge in [0.05, 0.1) is 6.54 Å². The minimum atomic E-state index is 0.310. The third-order valence-electron chi connectivity index (χ3n) is 5.20. The molecule has 5 heteroatoms. The first-order valence-electron chi connectivity index (χ1n) is 9.15. The lowest BCUT2D eigenvalue weighted by Gasteiger charge is -2.35. The lowest BCUT2D eigenvalue weighted by atomic mass is 10.1. The average Bonchev–Trinajstić information content (AvgIpc) is 3.07. The monoisotopic (exact) mass is 330 g/mol. The zero-order valence-electron chi connectivity index (χ0n) is 14.8. The van der Waals surface area contributed by atoms with Crippen molar-refractivity contribution >= 4 is 5.91 Å². The largest absolute Gasteiger partial charge is 0.341 e. The van der Waals surface area contributed by atoms with E-state index in [1.165, 1.54) is 5.56 Å². The van der Waals surface area contributed by atoms with Crippen LogP contribution in [0.15, 0.2) is 30.3 Å². The fourth-order valence-electron chi connectivity index (χ4n) is 3.75. The Morgan fingerprint density at radius 2 is 1.79 bits per heavy atom. The van der Waals surface area contributed by atoms with Crippen LogP contribution >= 0.6 is 0 Å². The van der Waals surface area contributed by atoms with Crippen LogP contribution in [-0.2, 0) is 11.3 Å². The van der Waals surface area contributed by atoms with E-state index >= 15 is 0 Å². The number of likely N-dealkylation sites (tertiary alicyclic amines) is 1. The molecule has 0 radical (unpaired) electrons. The average molecular weight is 330 g/mol. The molecule has 0 spiro atoms. The fraction of sp³-hybridized carbons (Fsp3) is 0.632. The maximum Gasteiger partial charge on any atom is 0.236 e. The summed E-state index contributed by atoms with van der Waals surface area (Å²) in [5.41, 5.74) is 1.37. The summed E-state index contributed by atoms with van der Waals surface area (Å²) in [6.45, 7) is 8.55. The van der Waals surface area contributed by atoms with Gasteiger partial charge in [-0.2, -0.15) is 0 Å². The summed E-state index contributed by atoms with van der Waals surface area (Å²) in [6, 6.07) is 10.6. The van der Waals surface area contributed by atoms with Crippen LogP contribution in [0.3, 0.4) is 0 Å². The maximum absolute atomic E-state index is 12.5. The van der Waals surface area contributed by atoms with Gasteiger partial charge in [0.1, 0.15) is 0 Å². The molecule has 0 aromatic heterocycles. The summed E-state index contributed by atoms with van der Waals surface area (Å²) in [7, 11) is 1.99. The van der Waals surface area contributed by atoms with E-state index in [-0.39, 0.29) is 0 Å². The number of nitrogens with zero attached hydrogens (tertiary/aromatic N) is 3. The fourth-order valence-corrected chi connectivity index (χ4v) is 3.75. The molecule has 0 saturated carbocycles. The van der Waals surface area contributed by atoms with Gasteiger partial charge in [0.25, 0.3) is 0 Å². The maximum atomic E-state index is 12.5. The molecule has 132 valence electrons. The Morgan fingerprint density at radius 3 is 2.50 bits per heavy atom. The highest BCUT2D eigenvalue weighted by Gasteiger charge is 2.27. The molecule has 1 aromatic rings. The van der Waals surface area contributed by atoms with E-state index < -0.39 is 0 Å². The van der Waals surface area contributed by atoms with Crippen molar-refractivity contribution in [2.45, 2.75) is 13.0 Å². The summed E-state index contributed by atoms with van der Waals surface area (Å²) in [5.74, 6) is 0.937. The Morgan fingerprint density at radius 1 is 1.08 bits per heavy atom. The van der Waals surface area contributed by atoms with Gasteiger partial charge < -0.3 is 10.2 Å². The van der Waals surface area contributed by atoms with Crippen LogP contribution < -0.4 is 5.32 Å². The van der Waals surface area contributed by atoms with E-state index in [1.54, 1.807) is 0 Å². The number of carbonyl (C=O) groups excluding carboxylic acids is 1. The number of benzene rings is 1. The van der Waals surface area contributed by atoms with Crippen molar-refractivity contribution in [2.75, 3.05) is 59.4 Å². The van der Waals surface area contributed by atoms with Gasteiger partial charge in [-0.1, -0.05) is 30.3 Å². The van der Waals surface area contributed by atoms with Crippen molar-refractivity contribution in [1.29, 1.82) is 0 Å². The Labute approximate surface area is 145 Å². The molecule has 2 fully saturated rings. The summed E-state index contributed by atoms with van der Waals surface area (Å²) in [5, 5.41) is 3.22. The van der Waals surface area contributed by atoms with Crippen molar-refractivity contribution in [2.24, 2.45) is 5.92 Å². The molecule has 5 nitrogen and oxygen atoms in total. The van der Waals surface area contributed by atoms with Gasteiger partial charge in [0.15, 0.2) is 0 Å². The number of hydrogen-bond donors (Lipinski definition) is 1. The zero-order chi connectivity index (χ0) is 16.8. The Hall–Kier alpha value is -1.43.